The Hall–Kier alpha value is -6.97. The number of hydrogen-bond acceptors (Lipinski definition) is 15. The lowest BCUT2D eigenvalue weighted by Crippen LogP contribution is -2.50. The molecule has 348 valence electrons. The summed E-state index contributed by atoms with van der Waals surface area (Å²) in [5.41, 5.74) is 15.8. The van der Waals surface area contributed by atoms with Crippen LogP contribution in [0.2, 0.25) is 0 Å². The van der Waals surface area contributed by atoms with Gasteiger partial charge in [-0.3, -0.25) is 9.59 Å². The number of amides is 2. The van der Waals surface area contributed by atoms with Crippen molar-refractivity contribution in [1.29, 1.82) is 0 Å². The zero-order chi connectivity index (χ0) is 47.3. The molecule has 8 aromatic rings. The summed E-state index contributed by atoms with van der Waals surface area (Å²) in [7, 11) is 0. The van der Waals surface area contributed by atoms with Gasteiger partial charge in [0.25, 0.3) is 5.91 Å². The first-order valence-corrected chi connectivity index (χ1v) is 23.9. The fraction of sp³-hybridized carbons (Fsp3) is 0.234. The molecule has 0 bridgehead atoms. The number of hydrogen-bond donors (Lipinski definition) is 2. The zero-order valence-corrected chi connectivity index (χ0v) is 39.4. The minimum absolute atomic E-state index is 0.0144. The van der Waals surface area contributed by atoms with Crippen LogP contribution in [0.5, 0.6) is 5.75 Å². The average Bonchev–Trinajstić information content (AvgIpc) is 3.99. The number of nitrogens with two attached hydrogens (primary N) is 2. The standard InChI is InChI=1S/C24H22F2N6OS.C23H20BrFN6O2S/c25-17-6-1-15(2-7-17)3-10-19(33)31-11-13-32(14-12-31)21-20-23(30-24(27)29-21)34-22(28-20)16-4-8-18(26)9-5-16;24-15-3-7-17(8-4-15)33-13-18(32)30-9-11-31(12-10-30)20-19-22(29-23(26)28-20)34-21(27-19)14-1-5-16(25)6-2-14/h1-2,4-9H,3,10-14H2,(H2,27,29,30);1-8H,9-13H2,(H2,26,28,29). The van der Waals surface area contributed by atoms with Crippen molar-refractivity contribution >= 4 is 94.6 Å². The fourth-order valence-electron chi connectivity index (χ4n) is 7.68. The first kappa shape index (κ1) is 46.2. The predicted octanol–water partition coefficient (Wildman–Crippen LogP) is 7.86. The number of aromatic nitrogens is 6. The lowest BCUT2D eigenvalue weighted by Gasteiger charge is -2.35. The lowest BCUT2D eigenvalue weighted by atomic mass is 10.1. The van der Waals surface area contributed by atoms with Crippen LogP contribution < -0.4 is 26.0 Å². The largest absolute Gasteiger partial charge is 0.484 e. The van der Waals surface area contributed by atoms with E-state index in [9.17, 15) is 22.8 Å². The normalized spacial score (nSPS) is 14.0. The number of nitrogens with zero attached hydrogens (tertiary/aromatic N) is 10. The van der Waals surface area contributed by atoms with Crippen molar-refractivity contribution in [1.82, 2.24) is 39.7 Å². The van der Waals surface area contributed by atoms with E-state index in [-0.39, 0.29) is 47.8 Å². The monoisotopic (exact) mass is 1020 g/mol. The zero-order valence-electron chi connectivity index (χ0n) is 36.2. The van der Waals surface area contributed by atoms with Crippen molar-refractivity contribution in [2.24, 2.45) is 0 Å². The summed E-state index contributed by atoms with van der Waals surface area (Å²) in [4.78, 5) is 61.4. The van der Waals surface area contributed by atoms with E-state index in [1.165, 1.54) is 59.1 Å². The van der Waals surface area contributed by atoms with E-state index in [2.05, 4.69) is 45.7 Å². The van der Waals surface area contributed by atoms with Crippen LogP contribution in [-0.4, -0.2) is 110 Å². The molecule has 10 rings (SSSR count). The summed E-state index contributed by atoms with van der Waals surface area (Å²) < 4.78 is 46.2. The molecular formula is C47H42BrF3N12O3S2. The number of rotatable bonds is 10. The second kappa shape index (κ2) is 20.5. The topological polar surface area (TPSA) is 186 Å². The molecule has 2 amide bonds. The highest BCUT2D eigenvalue weighted by Gasteiger charge is 2.27. The number of anilines is 4. The minimum Gasteiger partial charge on any atom is -0.484 e. The van der Waals surface area contributed by atoms with E-state index in [1.807, 2.05) is 29.2 Å². The molecule has 0 radical (unpaired) electrons. The molecular weight excluding hydrogens is 982 g/mol. The Balaban J connectivity index is 0.000000170. The molecule has 6 heterocycles. The Labute approximate surface area is 404 Å². The van der Waals surface area contributed by atoms with Crippen molar-refractivity contribution in [3.05, 3.63) is 125 Å². The number of fused-ring (bicyclic) bond motifs is 2. The van der Waals surface area contributed by atoms with E-state index in [1.54, 1.807) is 41.3 Å². The third kappa shape index (κ3) is 10.9. The van der Waals surface area contributed by atoms with Crippen LogP contribution in [0.4, 0.5) is 36.7 Å². The third-order valence-electron chi connectivity index (χ3n) is 11.3. The number of ether oxygens (including phenoxy) is 1. The molecule has 4 aromatic heterocycles. The molecule has 2 aliphatic heterocycles. The number of carbonyl (C=O) groups is 2. The first-order chi connectivity index (χ1) is 32.9. The summed E-state index contributed by atoms with van der Waals surface area (Å²) >= 11 is 6.14. The average molecular weight is 1020 g/mol. The number of benzene rings is 4. The van der Waals surface area contributed by atoms with Gasteiger partial charge < -0.3 is 35.8 Å². The molecule has 0 aliphatic carbocycles. The predicted molar refractivity (Wildman–Crippen MR) is 262 cm³/mol. The highest BCUT2D eigenvalue weighted by atomic mass is 79.9. The summed E-state index contributed by atoms with van der Waals surface area (Å²) in [6.45, 7) is 4.52. The van der Waals surface area contributed by atoms with Crippen molar-refractivity contribution in [2.45, 2.75) is 12.8 Å². The van der Waals surface area contributed by atoms with E-state index < -0.39 is 0 Å². The van der Waals surface area contributed by atoms with E-state index >= 15 is 0 Å². The molecule has 0 spiro atoms. The van der Waals surface area contributed by atoms with Crippen LogP contribution in [0, 0.1) is 17.5 Å². The number of aryl methyl sites for hydroxylation is 1. The maximum atomic E-state index is 13.3. The molecule has 2 saturated heterocycles. The van der Waals surface area contributed by atoms with Crippen molar-refractivity contribution in [2.75, 3.05) is 80.2 Å². The van der Waals surface area contributed by atoms with Gasteiger partial charge in [0, 0.05) is 74.4 Å². The van der Waals surface area contributed by atoms with E-state index in [0.717, 1.165) is 26.2 Å². The maximum Gasteiger partial charge on any atom is 0.260 e. The lowest BCUT2D eigenvalue weighted by molar-refractivity contribution is -0.133. The number of carbonyl (C=O) groups excluding carboxylic acids is 2. The van der Waals surface area contributed by atoms with Crippen molar-refractivity contribution in [3.8, 4) is 26.9 Å². The smallest absolute Gasteiger partial charge is 0.260 e. The number of piperazine rings is 2. The van der Waals surface area contributed by atoms with Gasteiger partial charge in [0.05, 0.1) is 0 Å². The van der Waals surface area contributed by atoms with Crippen LogP contribution in [-0.2, 0) is 16.0 Å². The van der Waals surface area contributed by atoms with Gasteiger partial charge >= 0.3 is 0 Å². The quantitative estimate of drug-likeness (QED) is 0.135. The molecule has 15 nitrogen and oxygen atoms in total. The highest BCUT2D eigenvalue weighted by Crippen LogP contribution is 2.36. The molecule has 0 unspecified atom stereocenters. The van der Waals surface area contributed by atoms with Crippen LogP contribution in [0.3, 0.4) is 0 Å². The second-order valence-electron chi connectivity index (χ2n) is 15.8. The Morgan fingerprint density at radius 2 is 0.985 bits per heavy atom. The van der Waals surface area contributed by atoms with E-state index in [0.29, 0.717) is 108 Å². The molecule has 4 N–H and O–H groups in total. The van der Waals surface area contributed by atoms with Crippen LogP contribution in [0.25, 0.3) is 41.8 Å². The van der Waals surface area contributed by atoms with Gasteiger partial charge in [-0.25, -0.2) is 33.1 Å². The Kier molecular flexibility index (Phi) is 13.9. The van der Waals surface area contributed by atoms with Crippen LogP contribution in [0.1, 0.15) is 12.0 Å². The number of halogens is 4. The Morgan fingerprint density at radius 1 is 0.559 bits per heavy atom. The van der Waals surface area contributed by atoms with Gasteiger partial charge in [0.1, 0.15) is 44.2 Å². The minimum atomic E-state index is -0.306. The summed E-state index contributed by atoms with van der Waals surface area (Å²) in [6.07, 6.45) is 0.955. The van der Waals surface area contributed by atoms with Gasteiger partial charge in [0.2, 0.25) is 17.8 Å². The Bertz CT molecular complexity index is 2850. The van der Waals surface area contributed by atoms with Crippen molar-refractivity contribution < 1.29 is 27.5 Å². The van der Waals surface area contributed by atoms with Gasteiger partial charge in [-0.05, 0) is 96.9 Å². The molecule has 68 heavy (non-hydrogen) atoms. The Morgan fingerprint density at radius 3 is 1.44 bits per heavy atom. The van der Waals surface area contributed by atoms with Gasteiger partial charge in [0.15, 0.2) is 27.9 Å². The summed E-state index contributed by atoms with van der Waals surface area (Å²) in [5, 5.41) is 1.43. The SMILES string of the molecule is Nc1nc(N2CCN(C(=O)CCc3ccc(F)cc3)CC2)c2nc(-c3ccc(F)cc3)sc2n1.Nc1nc(N2CCN(C(=O)COc3ccc(Br)cc3)CC2)c2nc(-c3ccc(F)cc3)sc2n1. The van der Waals surface area contributed by atoms with Crippen molar-refractivity contribution in [3.63, 3.8) is 0 Å². The summed E-state index contributed by atoms with van der Waals surface area (Å²) in [5.74, 6) is 1.38. The highest BCUT2D eigenvalue weighted by molar-refractivity contribution is 9.10. The van der Waals surface area contributed by atoms with E-state index in [4.69, 9.17) is 26.2 Å². The first-order valence-electron chi connectivity index (χ1n) is 21.5. The van der Waals surface area contributed by atoms with Crippen LogP contribution >= 0.6 is 38.6 Å². The van der Waals surface area contributed by atoms with Gasteiger partial charge in [-0.2, -0.15) is 9.97 Å². The fourth-order valence-corrected chi connectivity index (χ4v) is 9.84. The molecule has 2 aliphatic rings. The molecule has 0 atom stereocenters. The number of thiazole rings is 2. The third-order valence-corrected chi connectivity index (χ3v) is 13.8. The molecule has 4 aromatic carbocycles. The maximum absolute atomic E-state index is 13.3. The summed E-state index contributed by atoms with van der Waals surface area (Å²) in [6, 6.07) is 25.9. The van der Waals surface area contributed by atoms with Gasteiger partial charge in [-0.15, -0.1) is 0 Å². The number of nitrogen functional groups attached to an aromatic ring is 2. The molecule has 2 fully saturated rings. The van der Waals surface area contributed by atoms with Crippen LogP contribution in [0.15, 0.2) is 102 Å². The van der Waals surface area contributed by atoms with Gasteiger partial charge in [-0.1, -0.05) is 50.7 Å². The molecule has 21 heteroatoms. The second-order valence-corrected chi connectivity index (χ2v) is 18.6. The molecule has 0 saturated carbocycles.